The van der Waals surface area contributed by atoms with Crippen LogP contribution in [0.2, 0.25) is 0 Å². The Morgan fingerprint density at radius 2 is 1.95 bits per heavy atom. The number of aromatic nitrogens is 6. The van der Waals surface area contributed by atoms with Crippen LogP contribution in [-0.4, -0.2) is 59.7 Å². The van der Waals surface area contributed by atoms with E-state index in [1.165, 1.54) is 0 Å². The van der Waals surface area contributed by atoms with Crippen molar-refractivity contribution in [2.75, 3.05) is 16.8 Å². The monoisotopic (exact) mass is 509 g/mol. The topological polar surface area (TPSA) is 146 Å². The molecule has 0 spiro atoms. The quantitative estimate of drug-likeness (QED) is 0.361. The number of rotatable bonds is 8. The number of nitrogens with zero attached hydrogens (tertiary/aromatic N) is 8. The summed E-state index contributed by atoms with van der Waals surface area (Å²) < 4.78 is 1.67. The first-order valence-electron chi connectivity index (χ1n) is 12.4. The maximum absolute atomic E-state index is 11.6. The third-order valence-corrected chi connectivity index (χ3v) is 6.18. The molecule has 0 unspecified atom stereocenters. The first kappa shape index (κ1) is 24.8. The van der Waals surface area contributed by atoms with Gasteiger partial charge >= 0.3 is 5.97 Å². The number of pyridine rings is 1. The predicted molar refractivity (Wildman–Crippen MR) is 141 cm³/mol. The van der Waals surface area contributed by atoms with Gasteiger partial charge in [0.2, 0.25) is 5.95 Å². The van der Waals surface area contributed by atoms with Crippen LogP contribution in [0.25, 0.3) is 22.6 Å². The van der Waals surface area contributed by atoms with E-state index in [-0.39, 0.29) is 6.04 Å². The average Bonchev–Trinajstić information content (AvgIpc) is 3.59. The van der Waals surface area contributed by atoms with E-state index in [2.05, 4.69) is 31.7 Å². The Kier molecular flexibility index (Phi) is 6.95. The van der Waals surface area contributed by atoms with E-state index in [4.69, 9.17) is 4.98 Å². The summed E-state index contributed by atoms with van der Waals surface area (Å²) in [6.45, 7) is 5.04. The van der Waals surface area contributed by atoms with Gasteiger partial charge in [-0.05, 0) is 57.0 Å². The molecule has 192 valence electrons. The van der Waals surface area contributed by atoms with Crippen LogP contribution in [0.4, 0.5) is 11.8 Å². The smallest absolute Gasteiger partial charge is 0.326 e. The Hall–Kier alpha value is -4.85. The molecule has 0 saturated carbocycles. The fraction of sp³-hybridized carbons (Fsp3) is 0.296. The molecule has 1 atom stereocenters. The van der Waals surface area contributed by atoms with Crippen molar-refractivity contribution < 1.29 is 9.90 Å². The molecule has 0 aliphatic carbocycles. The molecule has 4 heterocycles. The standard InChI is InChI=1S/C27H27N9O2/c1-17(2)29-27-31-21(19-7-3-6-18(12-19)14-28)13-22(32-27)23-16-35(34-33-23)15-20-8-4-10-25(30-20)36-11-5-9-24(36)26(37)38/h3-4,6-8,10,12-13,16-17,24H,5,9,11,15H2,1-2H3,(H,37,38)(H,29,31,32)/t24-/m1/s1. The SMILES string of the molecule is CC(C)Nc1nc(-c2cccc(C#N)c2)cc(-c2cn(Cc3cccc(N4CCC[C@@H]4C(=O)O)n3)nn2)n1. The van der Waals surface area contributed by atoms with Gasteiger partial charge < -0.3 is 15.3 Å². The van der Waals surface area contributed by atoms with E-state index in [0.29, 0.717) is 53.9 Å². The summed E-state index contributed by atoms with van der Waals surface area (Å²) in [5, 5.41) is 30.7. The van der Waals surface area contributed by atoms with Gasteiger partial charge in [0.15, 0.2) is 0 Å². The highest BCUT2D eigenvalue weighted by atomic mass is 16.4. The van der Waals surface area contributed by atoms with Crippen LogP contribution in [0.5, 0.6) is 0 Å². The first-order valence-corrected chi connectivity index (χ1v) is 12.4. The molecule has 38 heavy (non-hydrogen) atoms. The Morgan fingerprint density at radius 1 is 1.13 bits per heavy atom. The maximum Gasteiger partial charge on any atom is 0.326 e. The number of hydrogen-bond acceptors (Lipinski definition) is 9. The number of aliphatic carboxylic acids is 1. The number of carboxylic acid groups (broad SMARTS) is 1. The molecular weight excluding hydrogens is 482 g/mol. The molecule has 1 saturated heterocycles. The molecule has 1 fully saturated rings. The van der Waals surface area contributed by atoms with Gasteiger partial charge in [0, 0.05) is 18.2 Å². The van der Waals surface area contributed by atoms with E-state index < -0.39 is 12.0 Å². The fourth-order valence-corrected chi connectivity index (χ4v) is 4.47. The number of nitriles is 1. The normalized spacial score (nSPS) is 15.0. The molecule has 1 aliphatic heterocycles. The summed E-state index contributed by atoms with van der Waals surface area (Å²) in [6, 6.07) is 16.4. The lowest BCUT2D eigenvalue weighted by molar-refractivity contribution is -0.138. The van der Waals surface area contributed by atoms with Gasteiger partial charge in [-0.15, -0.1) is 5.10 Å². The minimum atomic E-state index is -0.828. The van der Waals surface area contributed by atoms with Crippen LogP contribution in [0.15, 0.2) is 54.7 Å². The van der Waals surface area contributed by atoms with Crippen LogP contribution in [-0.2, 0) is 11.3 Å². The third-order valence-electron chi connectivity index (χ3n) is 6.18. The van der Waals surface area contributed by atoms with Gasteiger partial charge in [0.1, 0.15) is 17.6 Å². The number of hydrogen-bond donors (Lipinski definition) is 2. The molecule has 2 N–H and O–H groups in total. The van der Waals surface area contributed by atoms with Crippen molar-refractivity contribution in [1.29, 1.82) is 5.26 Å². The number of carboxylic acids is 1. The summed E-state index contributed by atoms with van der Waals surface area (Å²) in [5.74, 6) is 0.278. The molecule has 0 amide bonds. The molecule has 0 bridgehead atoms. The van der Waals surface area contributed by atoms with Crippen molar-refractivity contribution in [3.05, 3.63) is 66.0 Å². The van der Waals surface area contributed by atoms with E-state index in [0.717, 1.165) is 17.7 Å². The predicted octanol–water partition coefficient (Wildman–Crippen LogP) is 3.59. The average molecular weight is 510 g/mol. The van der Waals surface area contributed by atoms with Gasteiger partial charge in [0.25, 0.3) is 0 Å². The van der Waals surface area contributed by atoms with Crippen LogP contribution in [0.1, 0.15) is 37.9 Å². The summed E-state index contributed by atoms with van der Waals surface area (Å²) in [5.41, 5.74) is 3.92. The number of carbonyl (C=O) groups is 1. The van der Waals surface area contributed by atoms with Crippen molar-refractivity contribution in [1.82, 2.24) is 29.9 Å². The van der Waals surface area contributed by atoms with Crippen LogP contribution >= 0.6 is 0 Å². The molecule has 1 aliphatic rings. The first-order chi connectivity index (χ1) is 18.4. The fourth-order valence-electron chi connectivity index (χ4n) is 4.47. The second-order valence-corrected chi connectivity index (χ2v) is 9.43. The summed E-state index contributed by atoms with van der Waals surface area (Å²) in [7, 11) is 0. The lowest BCUT2D eigenvalue weighted by Crippen LogP contribution is -2.36. The van der Waals surface area contributed by atoms with Crippen molar-refractivity contribution in [2.45, 2.75) is 45.3 Å². The number of anilines is 2. The van der Waals surface area contributed by atoms with E-state index >= 15 is 0 Å². The molecular formula is C27H27N9O2. The second kappa shape index (κ2) is 10.6. The second-order valence-electron chi connectivity index (χ2n) is 9.43. The minimum absolute atomic E-state index is 0.119. The third kappa shape index (κ3) is 5.44. The van der Waals surface area contributed by atoms with Crippen molar-refractivity contribution in [2.24, 2.45) is 0 Å². The summed E-state index contributed by atoms with van der Waals surface area (Å²) in [6.07, 6.45) is 3.23. The van der Waals surface area contributed by atoms with Crippen LogP contribution < -0.4 is 10.2 Å². The molecule has 1 aromatic carbocycles. The molecule has 5 rings (SSSR count). The Balaban J connectivity index is 1.42. The minimum Gasteiger partial charge on any atom is -0.480 e. The zero-order valence-corrected chi connectivity index (χ0v) is 21.1. The molecule has 0 radical (unpaired) electrons. The largest absolute Gasteiger partial charge is 0.480 e. The summed E-state index contributed by atoms with van der Waals surface area (Å²) in [4.78, 5) is 27.4. The Morgan fingerprint density at radius 3 is 2.74 bits per heavy atom. The molecule has 11 heteroatoms. The van der Waals surface area contributed by atoms with Crippen LogP contribution in [0.3, 0.4) is 0 Å². The molecule has 4 aromatic rings. The maximum atomic E-state index is 11.6. The highest BCUT2D eigenvalue weighted by molar-refractivity contribution is 5.78. The van der Waals surface area contributed by atoms with Gasteiger partial charge in [-0.3, -0.25) is 0 Å². The van der Waals surface area contributed by atoms with E-state index in [1.807, 2.05) is 55.1 Å². The lowest BCUT2D eigenvalue weighted by Gasteiger charge is -2.22. The zero-order chi connectivity index (χ0) is 26.6. The van der Waals surface area contributed by atoms with Gasteiger partial charge in [-0.1, -0.05) is 23.4 Å². The lowest BCUT2D eigenvalue weighted by atomic mass is 10.1. The Labute approximate surface area is 219 Å². The van der Waals surface area contributed by atoms with E-state index in [1.54, 1.807) is 23.0 Å². The van der Waals surface area contributed by atoms with Crippen molar-refractivity contribution in [3.63, 3.8) is 0 Å². The number of nitrogens with one attached hydrogen (secondary N) is 1. The Bertz CT molecular complexity index is 1510. The molecule has 3 aromatic heterocycles. The van der Waals surface area contributed by atoms with E-state index in [9.17, 15) is 15.2 Å². The van der Waals surface area contributed by atoms with Gasteiger partial charge in [-0.25, -0.2) is 24.4 Å². The zero-order valence-electron chi connectivity index (χ0n) is 21.1. The van der Waals surface area contributed by atoms with Crippen LogP contribution in [0, 0.1) is 11.3 Å². The summed E-state index contributed by atoms with van der Waals surface area (Å²) >= 11 is 0. The highest BCUT2D eigenvalue weighted by Crippen LogP contribution is 2.26. The van der Waals surface area contributed by atoms with Crippen molar-refractivity contribution in [3.8, 4) is 28.7 Å². The molecule has 11 nitrogen and oxygen atoms in total. The number of benzene rings is 1. The van der Waals surface area contributed by atoms with Gasteiger partial charge in [0.05, 0.1) is 41.5 Å². The van der Waals surface area contributed by atoms with Crippen molar-refractivity contribution >= 4 is 17.7 Å². The van der Waals surface area contributed by atoms with Gasteiger partial charge in [-0.2, -0.15) is 5.26 Å². The highest BCUT2D eigenvalue weighted by Gasteiger charge is 2.31.